The quantitative estimate of drug-likeness (QED) is 0.835. The summed E-state index contributed by atoms with van der Waals surface area (Å²) in [4.78, 5) is 13.7. The van der Waals surface area contributed by atoms with Crippen molar-refractivity contribution in [2.75, 3.05) is 20.7 Å². The first kappa shape index (κ1) is 16.3. The van der Waals surface area contributed by atoms with Gasteiger partial charge in [0.05, 0.1) is 13.2 Å². The Balaban J connectivity index is 2.80. The lowest BCUT2D eigenvalue weighted by atomic mass is 10.1. The monoisotopic (exact) mass is 280 g/mol. The van der Waals surface area contributed by atoms with Crippen molar-refractivity contribution in [2.45, 2.75) is 32.9 Å². The predicted molar refractivity (Wildman–Crippen MR) is 79.0 cm³/mol. The van der Waals surface area contributed by atoms with Crippen LogP contribution in [-0.4, -0.2) is 42.7 Å². The Morgan fingerprint density at radius 3 is 2.65 bits per heavy atom. The SMILES string of the molecule is CCN(C)C(=O)C(C)NC(C)c1cc(OC)ccc1O. The maximum Gasteiger partial charge on any atom is 0.239 e. The van der Waals surface area contributed by atoms with Gasteiger partial charge in [-0.1, -0.05) is 0 Å². The summed E-state index contributed by atoms with van der Waals surface area (Å²) in [6.45, 7) is 6.33. The molecule has 20 heavy (non-hydrogen) atoms. The molecule has 0 saturated carbocycles. The molecule has 0 aromatic heterocycles. The minimum absolute atomic E-state index is 0.0294. The number of amides is 1. The highest BCUT2D eigenvalue weighted by Crippen LogP contribution is 2.28. The van der Waals surface area contributed by atoms with Crippen LogP contribution >= 0.6 is 0 Å². The number of likely N-dealkylation sites (N-methyl/N-ethyl adjacent to an activating group) is 1. The number of hydrogen-bond acceptors (Lipinski definition) is 4. The van der Waals surface area contributed by atoms with Crippen molar-refractivity contribution in [2.24, 2.45) is 0 Å². The van der Waals surface area contributed by atoms with Crippen LogP contribution in [0.1, 0.15) is 32.4 Å². The number of methoxy groups -OCH3 is 1. The summed E-state index contributed by atoms with van der Waals surface area (Å²) in [6.07, 6.45) is 0. The molecule has 0 spiro atoms. The first-order chi connectivity index (χ1) is 9.40. The highest BCUT2D eigenvalue weighted by atomic mass is 16.5. The first-order valence-corrected chi connectivity index (χ1v) is 6.78. The number of benzene rings is 1. The van der Waals surface area contributed by atoms with E-state index in [0.717, 1.165) is 0 Å². The number of rotatable bonds is 6. The largest absolute Gasteiger partial charge is 0.508 e. The van der Waals surface area contributed by atoms with E-state index < -0.39 is 0 Å². The highest BCUT2D eigenvalue weighted by Gasteiger charge is 2.20. The molecule has 0 bridgehead atoms. The predicted octanol–water partition coefficient (Wildman–Crippen LogP) is 1.92. The van der Waals surface area contributed by atoms with E-state index in [1.54, 1.807) is 37.3 Å². The molecule has 2 unspecified atom stereocenters. The normalized spacial score (nSPS) is 13.7. The van der Waals surface area contributed by atoms with Gasteiger partial charge < -0.3 is 14.7 Å². The fourth-order valence-corrected chi connectivity index (χ4v) is 2.03. The fraction of sp³-hybridized carbons (Fsp3) is 0.533. The number of phenols is 1. The van der Waals surface area contributed by atoms with Crippen molar-refractivity contribution in [1.29, 1.82) is 0 Å². The number of carbonyl (C=O) groups is 1. The van der Waals surface area contributed by atoms with E-state index in [9.17, 15) is 9.90 Å². The fourth-order valence-electron chi connectivity index (χ4n) is 2.03. The van der Waals surface area contributed by atoms with Crippen LogP contribution in [0.3, 0.4) is 0 Å². The lowest BCUT2D eigenvalue weighted by Gasteiger charge is -2.24. The average Bonchev–Trinajstić information content (AvgIpc) is 2.45. The van der Waals surface area contributed by atoms with Crippen LogP contribution < -0.4 is 10.1 Å². The molecule has 5 heteroatoms. The van der Waals surface area contributed by atoms with E-state index in [2.05, 4.69) is 5.32 Å². The molecular formula is C15H24N2O3. The van der Waals surface area contributed by atoms with Crippen LogP contribution in [0, 0.1) is 0 Å². The van der Waals surface area contributed by atoms with E-state index in [1.165, 1.54) is 0 Å². The maximum absolute atomic E-state index is 12.0. The summed E-state index contributed by atoms with van der Waals surface area (Å²) in [7, 11) is 3.35. The van der Waals surface area contributed by atoms with Gasteiger partial charge in [-0.05, 0) is 39.0 Å². The van der Waals surface area contributed by atoms with Gasteiger partial charge in [-0.3, -0.25) is 10.1 Å². The minimum Gasteiger partial charge on any atom is -0.508 e. The van der Waals surface area contributed by atoms with E-state index >= 15 is 0 Å². The molecule has 1 aromatic carbocycles. The molecule has 0 aliphatic rings. The van der Waals surface area contributed by atoms with E-state index in [0.29, 0.717) is 17.9 Å². The van der Waals surface area contributed by atoms with Gasteiger partial charge in [0.2, 0.25) is 5.91 Å². The van der Waals surface area contributed by atoms with Crippen LogP contribution in [0.2, 0.25) is 0 Å². The summed E-state index contributed by atoms with van der Waals surface area (Å²) >= 11 is 0. The van der Waals surface area contributed by atoms with Gasteiger partial charge in [0, 0.05) is 25.2 Å². The standard InChI is InChI=1S/C15H24N2O3/c1-6-17(4)15(19)11(3)16-10(2)13-9-12(20-5)7-8-14(13)18/h7-11,16,18H,6H2,1-5H3. The molecule has 5 nitrogen and oxygen atoms in total. The summed E-state index contributed by atoms with van der Waals surface area (Å²) in [5.41, 5.74) is 0.711. The number of nitrogens with zero attached hydrogens (tertiary/aromatic N) is 1. The molecule has 1 rings (SSSR count). The Morgan fingerprint density at radius 1 is 1.45 bits per heavy atom. The average molecular weight is 280 g/mol. The van der Waals surface area contributed by atoms with Crippen molar-refractivity contribution in [1.82, 2.24) is 10.2 Å². The third-order valence-electron chi connectivity index (χ3n) is 3.42. The zero-order valence-corrected chi connectivity index (χ0v) is 12.8. The van der Waals surface area contributed by atoms with E-state index in [4.69, 9.17) is 4.74 Å². The summed E-state index contributed by atoms with van der Waals surface area (Å²) < 4.78 is 5.15. The second-order valence-corrected chi connectivity index (χ2v) is 4.89. The van der Waals surface area contributed by atoms with Gasteiger partial charge in [0.15, 0.2) is 0 Å². The van der Waals surface area contributed by atoms with E-state index in [1.807, 2.05) is 20.8 Å². The molecule has 0 saturated heterocycles. The Bertz CT molecular complexity index is 462. The van der Waals surface area contributed by atoms with Crippen LogP contribution in [0.4, 0.5) is 0 Å². The molecule has 0 aliphatic heterocycles. The number of hydrogen-bond donors (Lipinski definition) is 2. The highest BCUT2D eigenvalue weighted by molar-refractivity contribution is 5.81. The van der Waals surface area contributed by atoms with Gasteiger partial charge >= 0.3 is 0 Å². The van der Waals surface area contributed by atoms with Crippen LogP contribution in [0.15, 0.2) is 18.2 Å². The van der Waals surface area contributed by atoms with Gasteiger partial charge in [0.1, 0.15) is 11.5 Å². The van der Waals surface area contributed by atoms with Gasteiger partial charge in [-0.15, -0.1) is 0 Å². The maximum atomic E-state index is 12.0. The van der Waals surface area contributed by atoms with E-state index in [-0.39, 0.29) is 23.7 Å². The molecule has 2 atom stereocenters. The van der Waals surface area contributed by atoms with Crippen LogP contribution in [0.5, 0.6) is 11.5 Å². The minimum atomic E-state index is -0.319. The number of ether oxygens (including phenoxy) is 1. The third-order valence-corrected chi connectivity index (χ3v) is 3.42. The van der Waals surface area contributed by atoms with Gasteiger partial charge in [-0.25, -0.2) is 0 Å². The zero-order chi connectivity index (χ0) is 15.3. The van der Waals surface area contributed by atoms with Crippen molar-refractivity contribution in [3.63, 3.8) is 0 Å². The number of phenolic OH excluding ortho intramolecular Hbond substituents is 1. The van der Waals surface area contributed by atoms with Crippen molar-refractivity contribution >= 4 is 5.91 Å². The molecule has 0 aliphatic carbocycles. The topological polar surface area (TPSA) is 61.8 Å². The molecule has 112 valence electrons. The lowest BCUT2D eigenvalue weighted by molar-refractivity contribution is -0.131. The number of carbonyl (C=O) groups excluding carboxylic acids is 1. The molecule has 0 fully saturated rings. The van der Waals surface area contributed by atoms with Gasteiger partial charge in [-0.2, -0.15) is 0 Å². The van der Waals surface area contributed by atoms with Crippen molar-refractivity contribution in [3.05, 3.63) is 23.8 Å². The molecule has 0 radical (unpaired) electrons. The number of nitrogens with one attached hydrogen (secondary N) is 1. The molecule has 0 heterocycles. The summed E-state index contributed by atoms with van der Waals surface area (Å²) in [6, 6.07) is 4.59. The Hall–Kier alpha value is -1.75. The van der Waals surface area contributed by atoms with Crippen LogP contribution in [-0.2, 0) is 4.79 Å². The Morgan fingerprint density at radius 2 is 2.10 bits per heavy atom. The second kappa shape index (κ2) is 7.14. The number of aromatic hydroxyl groups is 1. The summed E-state index contributed by atoms with van der Waals surface area (Å²) in [5.74, 6) is 0.895. The second-order valence-electron chi connectivity index (χ2n) is 4.89. The summed E-state index contributed by atoms with van der Waals surface area (Å²) in [5, 5.41) is 13.1. The Labute approximate surface area is 120 Å². The van der Waals surface area contributed by atoms with Gasteiger partial charge in [0.25, 0.3) is 0 Å². The first-order valence-electron chi connectivity index (χ1n) is 6.78. The molecule has 1 aromatic rings. The zero-order valence-electron chi connectivity index (χ0n) is 12.8. The van der Waals surface area contributed by atoms with Crippen LogP contribution in [0.25, 0.3) is 0 Å². The third kappa shape index (κ3) is 3.87. The molecule has 2 N–H and O–H groups in total. The molecule has 1 amide bonds. The lowest BCUT2D eigenvalue weighted by Crippen LogP contribution is -2.43. The Kier molecular flexibility index (Phi) is 5.82. The van der Waals surface area contributed by atoms with Crippen molar-refractivity contribution < 1.29 is 14.6 Å². The van der Waals surface area contributed by atoms with Crippen molar-refractivity contribution in [3.8, 4) is 11.5 Å². The smallest absolute Gasteiger partial charge is 0.239 e. The molecular weight excluding hydrogens is 256 g/mol.